The van der Waals surface area contributed by atoms with Crippen LogP contribution in [0.25, 0.3) is 44.3 Å². The zero-order chi connectivity index (χ0) is 43.9. The molecule has 63 heavy (non-hydrogen) atoms. The van der Waals surface area contributed by atoms with Crippen LogP contribution in [0.5, 0.6) is 0 Å². The number of aromatic nitrogens is 4. The molecule has 5 aromatic carbocycles. The number of hydrogen-bond acceptors (Lipinski definition) is 10. The summed E-state index contributed by atoms with van der Waals surface area (Å²) in [7, 11) is -1.51. The molecule has 0 amide bonds. The van der Waals surface area contributed by atoms with Crippen LogP contribution in [0.15, 0.2) is 181 Å². The van der Waals surface area contributed by atoms with Crippen molar-refractivity contribution in [1.29, 1.82) is 0 Å². The topological polar surface area (TPSA) is 162 Å². The Morgan fingerprint density at radius 1 is 0.635 bits per heavy atom. The third kappa shape index (κ3) is 8.63. The first-order chi connectivity index (χ1) is 30.7. The maximum atomic E-state index is 14.5. The number of nitrogen functional groups attached to an aromatic ring is 1. The second-order valence-electron chi connectivity index (χ2n) is 14.4. The Kier molecular flexibility index (Phi) is 12.1. The highest BCUT2D eigenvalue weighted by Gasteiger charge is 2.30. The molecule has 0 saturated carbocycles. The van der Waals surface area contributed by atoms with Crippen LogP contribution in [0.4, 0.5) is 11.6 Å². The lowest BCUT2D eigenvalue weighted by atomic mass is 10.1. The van der Waals surface area contributed by atoms with E-state index < -0.39 is 22.0 Å². The van der Waals surface area contributed by atoms with Gasteiger partial charge in [0.25, 0.3) is 10.0 Å². The Bertz CT molecular complexity index is 3100. The van der Waals surface area contributed by atoms with Crippen molar-refractivity contribution in [1.82, 2.24) is 18.9 Å². The SMILES string of the molecule is COC(=O)c1cnc(N(Cc2ccccc2)Cc2ccccc2)c2c1cc(-c1ccccc1)n2S(=O)(=O)c1ccccc1.COC(=O)c1cnc(N)c2[nH]c(-c3ccccc3)cc12. The summed E-state index contributed by atoms with van der Waals surface area (Å²) in [6.45, 7) is 0.902. The fourth-order valence-electron chi connectivity index (χ4n) is 7.42. The van der Waals surface area contributed by atoms with Crippen molar-refractivity contribution in [2.45, 2.75) is 18.0 Å². The van der Waals surface area contributed by atoms with E-state index in [-0.39, 0.29) is 10.5 Å². The Morgan fingerprint density at radius 2 is 1.11 bits per heavy atom. The van der Waals surface area contributed by atoms with Crippen LogP contribution in [-0.2, 0) is 32.6 Å². The number of carbonyl (C=O) groups excluding carboxylic acids is 2. The van der Waals surface area contributed by atoms with Crippen molar-refractivity contribution >= 4 is 55.4 Å². The molecule has 0 bridgehead atoms. The van der Waals surface area contributed by atoms with Gasteiger partial charge >= 0.3 is 11.9 Å². The smallest absolute Gasteiger partial charge is 0.340 e. The standard InChI is InChI=1S/C35H29N3O4S.C15H13N3O2/c1-42-35(39)31-23-36-34(37(24-26-14-6-2-7-15-26)25-27-16-8-3-9-17-27)33-30(31)22-32(28-18-10-4-11-19-28)38(33)43(40,41)29-20-12-5-13-21-29;1-20-15(19)11-8-17-14(16)13-10(11)7-12(18-13)9-5-3-2-4-6-9/h2-23H,24-25H2,1H3;2-8,18H,1H3,(H2,16,17). The number of H-pyrrole nitrogens is 1. The van der Waals surface area contributed by atoms with Gasteiger partial charge in [0.15, 0.2) is 5.82 Å². The highest BCUT2D eigenvalue weighted by molar-refractivity contribution is 7.90. The van der Waals surface area contributed by atoms with Crippen LogP contribution < -0.4 is 10.6 Å². The second kappa shape index (κ2) is 18.3. The van der Waals surface area contributed by atoms with E-state index in [9.17, 15) is 18.0 Å². The number of benzene rings is 5. The van der Waals surface area contributed by atoms with E-state index >= 15 is 0 Å². The van der Waals surface area contributed by atoms with E-state index in [2.05, 4.69) is 9.97 Å². The number of esters is 2. The lowest BCUT2D eigenvalue weighted by molar-refractivity contribution is 0.0593. The summed E-state index contributed by atoms with van der Waals surface area (Å²) in [6, 6.07) is 50.9. The Hall–Kier alpha value is -8.03. The number of carbonyl (C=O) groups is 2. The summed E-state index contributed by atoms with van der Waals surface area (Å²) in [5, 5.41) is 1.14. The van der Waals surface area contributed by atoms with Gasteiger partial charge in [0.2, 0.25) is 0 Å². The number of pyridine rings is 2. The zero-order valence-corrected chi connectivity index (χ0v) is 35.2. The van der Waals surface area contributed by atoms with E-state index in [1.165, 1.54) is 30.6 Å². The molecule has 4 heterocycles. The molecule has 0 unspecified atom stereocenters. The first-order valence-corrected chi connectivity index (χ1v) is 21.3. The molecule has 12 nitrogen and oxygen atoms in total. The number of anilines is 2. The Morgan fingerprint density at radius 3 is 1.65 bits per heavy atom. The maximum Gasteiger partial charge on any atom is 0.340 e. The van der Waals surface area contributed by atoms with Gasteiger partial charge in [-0.3, -0.25) is 0 Å². The number of nitrogens with two attached hydrogens (primary N) is 1. The lowest BCUT2D eigenvalue weighted by Crippen LogP contribution is -2.25. The van der Waals surface area contributed by atoms with Gasteiger partial charge in [-0.15, -0.1) is 0 Å². The summed E-state index contributed by atoms with van der Waals surface area (Å²) in [4.78, 5) is 39.0. The first-order valence-electron chi connectivity index (χ1n) is 19.9. The van der Waals surface area contributed by atoms with E-state index in [0.717, 1.165) is 22.4 Å². The lowest BCUT2D eigenvalue weighted by Gasteiger charge is -2.26. The minimum Gasteiger partial charge on any atom is -0.465 e. The van der Waals surface area contributed by atoms with E-state index in [0.29, 0.717) is 63.4 Å². The minimum atomic E-state index is -4.15. The molecule has 314 valence electrons. The van der Waals surface area contributed by atoms with Crippen LogP contribution in [0.2, 0.25) is 0 Å². The van der Waals surface area contributed by atoms with E-state index in [4.69, 9.17) is 20.2 Å². The molecule has 0 aliphatic carbocycles. The number of hydrogen-bond donors (Lipinski definition) is 2. The quantitative estimate of drug-likeness (QED) is 0.120. The predicted molar refractivity (Wildman–Crippen MR) is 246 cm³/mol. The number of nitrogens with zero attached hydrogens (tertiary/aromatic N) is 4. The van der Waals surface area contributed by atoms with Crippen molar-refractivity contribution in [2.75, 3.05) is 24.9 Å². The fraction of sp³-hybridized carbons (Fsp3) is 0.0800. The number of ether oxygens (including phenoxy) is 2. The fourth-order valence-corrected chi connectivity index (χ4v) is 8.97. The van der Waals surface area contributed by atoms with Gasteiger partial charge in [-0.1, -0.05) is 140 Å². The Labute approximate surface area is 364 Å². The summed E-state index contributed by atoms with van der Waals surface area (Å²) in [5.41, 5.74) is 12.4. The minimum absolute atomic E-state index is 0.122. The molecule has 0 atom stereocenters. The summed E-state index contributed by atoms with van der Waals surface area (Å²) < 4.78 is 40.3. The van der Waals surface area contributed by atoms with Crippen molar-refractivity contribution in [3.05, 3.63) is 198 Å². The molecular formula is C50H42N6O6S. The van der Waals surface area contributed by atoms with Gasteiger partial charge in [-0.2, -0.15) is 0 Å². The molecular weight excluding hydrogens is 813 g/mol. The third-order valence-electron chi connectivity index (χ3n) is 10.5. The summed E-state index contributed by atoms with van der Waals surface area (Å²) in [5.74, 6) is -0.247. The van der Waals surface area contributed by atoms with Gasteiger partial charge in [0.05, 0.1) is 41.5 Å². The van der Waals surface area contributed by atoms with Crippen LogP contribution in [0, 0.1) is 0 Å². The largest absolute Gasteiger partial charge is 0.465 e. The third-order valence-corrected chi connectivity index (χ3v) is 12.2. The highest BCUT2D eigenvalue weighted by atomic mass is 32.2. The molecule has 9 aromatic rings. The monoisotopic (exact) mass is 854 g/mol. The van der Waals surface area contributed by atoms with Crippen molar-refractivity contribution in [2.24, 2.45) is 0 Å². The van der Waals surface area contributed by atoms with Crippen LogP contribution in [-0.4, -0.2) is 53.5 Å². The molecule has 13 heteroatoms. The first kappa shape index (κ1) is 41.7. The number of nitrogens with one attached hydrogen (secondary N) is 1. The van der Waals surface area contributed by atoms with Crippen molar-refractivity contribution < 1.29 is 27.5 Å². The molecule has 9 rings (SSSR count). The Balaban J connectivity index is 0.000000226. The predicted octanol–water partition coefficient (Wildman–Crippen LogP) is 9.53. The van der Waals surface area contributed by atoms with Crippen molar-refractivity contribution in [3.63, 3.8) is 0 Å². The van der Waals surface area contributed by atoms with Crippen LogP contribution in [0.1, 0.15) is 31.8 Å². The molecule has 3 N–H and O–H groups in total. The van der Waals surface area contributed by atoms with E-state index in [1.807, 2.05) is 132 Å². The number of aromatic amines is 1. The molecule has 0 spiro atoms. The average molecular weight is 855 g/mol. The molecule has 0 aliphatic rings. The zero-order valence-electron chi connectivity index (χ0n) is 34.4. The van der Waals surface area contributed by atoms with Gasteiger partial charge in [-0.25, -0.2) is 31.9 Å². The van der Waals surface area contributed by atoms with Crippen molar-refractivity contribution in [3.8, 4) is 22.5 Å². The molecule has 0 radical (unpaired) electrons. The summed E-state index contributed by atoms with van der Waals surface area (Å²) in [6.07, 6.45) is 2.91. The average Bonchev–Trinajstić information content (AvgIpc) is 3.98. The normalized spacial score (nSPS) is 11.1. The van der Waals surface area contributed by atoms with Crippen LogP contribution in [0.3, 0.4) is 0 Å². The molecule has 4 aromatic heterocycles. The summed E-state index contributed by atoms with van der Waals surface area (Å²) >= 11 is 0. The van der Waals surface area contributed by atoms with Gasteiger partial charge in [0, 0.05) is 41.9 Å². The number of fused-ring (bicyclic) bond motifs is 2. The maximum absolute atomic E-state index is 14.5. The van der Waals surface area contributed by atoms with Gasteiger partial charge in [-0.05, 0) is 46.5 Å². The van der Waals surface area contributed by atoms with Gasteiger partial charge < -0.3 is 25.1 Å². The number of rotatable bonds is 11. The molecule has 0 aliphatic heterocycles. The molecule has 0 fully saturated rings. The second-order valence-corrected chi connectivity index (χ2v) is 16.2. The molecule has 0 saturated heterocycles. The van der Waals surface area contributed by atoms with Gasteiger partial charge in [0.1, 0.15) is 11.3 Å². The number of methoxy groups -OCH3 is 2. The van der Waals surface area contributed by atoms with E-state index in [1.54, 1.807) is 36.4 Å². The highest BCUT2D eigenvalue weighted by Crippen LogP contribution is 2.39. The van der Waals surface area contributed by atoms with Crippen LogP contribution >= 0.6 is 0 Å².